The molecular weight excluding hydrogens is 561 g/mol. The minimum absolute atomic E-state index is 0.150. The molecule has 1 aromatic heterocycles. The Kier molecular flexibility index (Phi) is 13.9. The van der Waals surface area contributed by atoms with Crippen molar-refractivity contribution in [3.05, 3.63) is 105 Å². The van der Waals surface area contributed by atoms with Crippen LogP contribution in [0.3, 0.4) is 0 Å². The zero-order valence-electron chi connectivity index (χ0n) is 27.2. The van der Waals surface area contributed by atoms with Crippen molar-refractivity contribution in [3.63, 3.8) is 0 Å². The van der Waals surface area contributed by atoms with Gasteiger partial charge in [-0.3, -0.25) is 10.1 Å². The standard InChI is InChI=1S/C22H23ClFN.C12H18N2O2.C2H6/c1-13(2)25-16(5)15(4)21(18-10-14(3)11-20(24)12-18)22(25)17-6-8-19(23)9-7-17;1-3-9-13(10-4-2)11-5-7-12(8-6-11)14(15)16;1-2/h6-13H,1-5H3;5-8H,3-4,9-10H2,1-2H3;1-2H3. The Morgan fingerprint density at radius 1 is 0.884 bits per heavy atom. The lowest BCUT2D eigenvalue weighted by molar-refractivity contribution is -0.384. The number of nitrogens with zero attached hydrogens (tertiary/aromatic N) is 3. The summed E-state index contributed by atoms with van der Waals surface area (Å²) in [6.45, 7) is 20.8. The van der Waals surface area contributed by atoms with Gasteiger partial charge in [0.25, 0.3) is 5.69 Å². The van der Waals surface area contributed by atoms with E-state index in [1.165, 1.54) is 11.3 Å². The number of hydrogen-bond donors (Lipinski definition) is 0. The molecule has 0 saturated heterocycles. The molecule has 232 valence electrons. The normalized spacial score (nSPS) is 10.5. The van der Waals surface area contributed by atoms with Gasteiger partial charge in [-0.15, -0.1) is 0 Å². The van der Waals surface area contributed by atoms with E-state index in [0.29, 0.717) is 11.1 Å². The number of aromatic nitrogens is 1. The van der Waals surface area contributed by atoms with Crippen LogP contribution in [0.15, 0.2) is 66.7 Å². The summed E-state index contributed by atoms with van der Waals surface area (Å²) in [4.78, 5) is 12.4. The van der Waals surface area contributed by atoms with E-state index in [2.05, 4.69) is 57.1 Å². The summed E-state index contributed by atoms with van der Waals surface area (Å²) < 4.78 is 16.4. The molecule has 0 bridgehead atoms. The minimum atomic E-state index is -0.367. The molecule has 0 amide bonds. The molecule has 4 aromatic rings. The number of non-ortho nitro benzene ring substituents is 1. The third kappa shape index (κ3) is 9.17. The molecule has 4 rings (SSSR count). The van der Waals surface area contributed by atoms with Crippen molar-refractivity contribution in [1.82, 2.24) is 4.57 Å². The monoisotopic (exact) mass is 607 g/mol. The van der Waals surface area contributed by atoms with Gasteiger partial charge >= 0.3 is 0 Å². The number of benzene rings is 3. The zero-order valence-corrected chi connectivity index (χ0v) is 27.9. The molecule has 0 N–H and O–H groups in total. The van der Waals surface area contributed by atoms with Crippen LogP contribution in [0.1, 0.15) is 77.2 Å². The fourth-order valence-corrected chi connectivity index (χ4v) is 5.42. The maximum atomic E-state index is 14.1. The number of aryl methyl sites for hydroxylation is 1. The first-order valence-electron chi connectivity index (χ1n) is 15.2. The maximum Gasteiger partial charge on any atom is 0.269 e. The number of hydrogen-bond acceptors (Lipinski definition) is 3. The molecular formula is C36H47ClFN3O2. The van der Waals surface area contributed by atoms with E-state index in [-0.39, 0.29) is 16.4 Å². The molecule has 0 radical (unpaired) electrons. The van der Waals surface area contributed by atoms with Gasteiger partial charge in [-0.25, -0.2) is 4.39 Å². The second kappa shape index (κ2) is 16.9. The van der Waals surface area contributed by atoms with E-state index in [9.17, 15) is 14.5 Å². The summed E-state index contributed by atoms with van der Waals surface area (Å²) in [6, 6.07) is 20.2. The average molecular weight is 608 g/mol. The Bertz CT molecular complexity index is 1440. The quantitative estimate of drug-likeness (QED) is 0.140. The average Bonchev–Trinajstić information content (AvgIpc) is 3.24. The molecule has 43 heavy (non-hydrogen) atoms. The van der Waals surface area contributed by atoms with Crippen molar-refractivity contribution in [1.29, 1.82) is 0 Å². The van der Waals surface area contributed by atoms with Gasteiger partial charge in [-0.05, 0) is 106 Å². The number of anilines is 1. The third-order valence-corrected chi connectivity index (χ3v) is 7.39. The fourth-order valence-electron chi connectivity index (χ4n) is 5.29. The Morgan fingerprint density at radius 2 is 1.44 bits per heavy atom. The highest BCUT2D eigenvalue weighted by Crippen LogP contribution is 2.41. The largest absolute Gasteiger partial charge is 0.372 e. The highest BCUT2D eigenvalue weighted by molar-refractivity contribution is 6.30. The van der Waals surface area contributed by atoms with Crippen molar-refractivity contribution in [2.24, 2.45) is 0 Å². The highest BCUT2D eigenvalue weighted by Gasteiger charge is 2.22. The number of halogens is 2. The fraction of sp³-hybridized carbons (Fsp3) is 0.389. The van der Waals surface area contributed by atoms with Crippen LogP contribution in [0.25, 0.3) is 22.4 Å². The van der Waals surface area contributed by atoms with Crippen LogP contribution < -0.4 is 4.90 Å². The molecule has 0 aliphatic carbocycles. The van der Waals surface area contributed by atoms with Crippen LogP contribution >= 0.6 is 11.6 Å². The smallest absolute Gasteiger partial charge is 0.269 e. The second-order valence-electron chi connectivity index (χ2n) is 10.7. The maximum absolute atomic E-state index is 14.1. The van der Waals surface area contributed by atoms with Gasteiger partial charge in [0, 0.05) is 53.2 Å². The molecule has 1 heterocycles. The number of rotatable bonds is 9. The molecule has 3 aromatic carbocycles. The Morgan fingerprint density at radius 3 is 1.91 bits per heavy atom. The van der Waals surface area contributed by atoms with Crippen LogP contribution in [-0.2, 0) is 0 Å². The molecule has 0 unspecified atom stereocenters. The Labute approximate surface area is 262 Å². The summed E-state index contributed by atoms with van der Waals surface area (Å²) in [5.74, 6) is -0.202. The SMILES string of the molecule is CC.CCCN(CCC)c1ccc([N+](=O)[O-])cc1.Cc1cc(F)cc(-c2c(C)c(C)n(C(C)C)c2-c2ccc(Cl)cc2)c1. The van der Waals surface area contributed by atoms with E-state index < -0.39 is 0 Å². The predicted octanol–water partition coefficient (Wildman–Crippen LogP) is 11.4. The first-order chi connectivity index (χ1) is 20.5. The van der Waals surface area contributed by atoms with Crippen LogP contribution in [-0.4, -0.2) is 22.6 Å². The third-order valence-electron chi connectivity index (χ3n) is 7.13. The number of nitro benzene ring substituents is 1. The topological polar surface area (TPSA) is 51.3 Å². The Balaban J connectivity index is 0.000000310. The summed E-state index contributed by atoms with van der Waals surface area (Å²) in [7, 11) is 0. The van der Waals surface area contributed by atoms with Crippen molar-refractivity contribution in [3.8, 4) is 22.4 Å². The highest BCUT2D eigenvalue weighted by atomic mass is 35.5. The zero-order chi connectivity index (χ0) is 32.3. The van der Waals surface area contributed by atoms with E-state index in [4.69, 9.17) is 11.6 Å². The first-order valence-corrected chi connectivity index (χ1v) is 15.6. The van der Waals surface area contributed by atoms with Crippen LogP contribution in [0.2, 0.25) is 5.02 Å². The molecule has 0 atom stereocenters. The van der Waals surface area contributed by atoms with E-state index in [1.807, 2.05) is 57.2 Å². The first kappa shape index (κ1) is 35.6. The molecule has 5 nitrogen and oxygen atoms in total. The summed E-state index contributed by atoms with van der Waals surface area (Å²) in [5.41, 5.74) is 8.74. The van der Waals surface area contributed by atoms with Crippen molar-refractivity contribution < 1.29 is 9.31 Å². The van der Waals surface area contributed by atoms with Crippen LogP contribution in [0.5, 0.6) is 0 Å². The lowest BCUT2D eigenvalue weighted by Gasteiger charge is -2.23. The lowest BCUT2D eigenvalue weighted by atomic mass is 9.96. The Hall–Kier alpha value is -3.64. The van der Waals surface area contributed by atoms with Crippen LogP contribution in [0, 0.1) is 36.7 Å². The second-order valence-corrected chi connectivity index (χ2v) is 11.1. The molecule has 0 aliphatic heterocycles. The van der Waals surface area contributed by atoms with E-state index in [1.54, 1.807) is 24.3 Å². The molecule has 0 aliphatic rings. The molecule has 0 spiro atoms. The molecule has 0 saturated carbocycles. The van der Waals surface area contributed by atoms with Crippen molar-refractivity contribution >= 4 is 23.0 Å². The molecule has 0 fully saturated rings. The predicted molar refractivity (Wildman–Crippen MR) is 182 cm³/mol. The van der Waals surface area contributed by atoms with Crippen molar-refractivity contribution in [2.45, 2.75) is 81.2 Å². The van der Waals surface area contributed by atoms with Gasteiger partial charge < -0.3 is 9.47 Å². The van der Waals surface area contributed by atoms with Gasteiger partial charge in [0.15, 0.2) is 0 Å². The van der Waals surface area contributed by atoms with Crippen molar-refractivity contribution in [2.75, 3.05) is 18.0 Å². The summed E-state index contributed by atoms with van der Waals surface area (Å²) in [6.07, 6.45) is 2.16. The van der Waals surface area contributed by atoms with Gasteiger partial charge in [-0.2, -0.15) is 0 Å². The summed E-state index contributed by atoms with van der Waals surface area (Å²) in [5, 5.41) is 11.2. The van der Waals surface area contributed by atoms with Gasteiger partial charge in [0.2, 0.25) is 0 Å². The van der Waals surface area contributed by atoms with Gasteiger partial charge in [0.1, 0.15) is 5.82 Å². The van der Waals surface area contributed by atoms with E-state index in [0.717, 1.165) is 59.6 Å². The lowest BCUT2D eigenvalue weighted by Crippen LogP contribution is -2.24. The van der Waals surface area contributed by atoms with Crippen LogP contribution in [0.4, 0.5) is 15.8 Å². The summed E-state index contributed by atoms with van der Waals surface area (Å²) >= 11 is 6.08. The van der Waals surface area contributed by atoms with E-state index >= 15 is 0 Å². The molecule has 7 heteroatoms. The number of nitro groups is 1. The minimum Gasteiger partial charge on any atom is -0.372 e. The van der Waals surface area contributed by atoms with Gasteiger partial charge in [-0.1, -0.05) is 57.5 Å². The van der Waals surface area contributed by atoms with Gasteiger partial charge in [0.05, 0.1) is 10.6 Å².